The fourth-order valence-electron chi connectivity index (χ4n) is 2.89. The van der Waals surface area contributed by atoms with Crippen LogP contribution in [0.5, 0.6) is 0 Å². The van der Waals surface area contributed by atoms with Gasteiger partial charge in [0, 0.05) is 38.3 Å². The second kappa shape index (κ2) is 8.70. The molecule has 1 fully saturated rings. The molecule has 0 radical (unpaired) electrons. The Hall–Kier alpha value is -2.84. The number of hydrogen-bond donors (Lipinski definition) is 2. The zero-order valence-corrected chi connectivity index (χ0v) is 16.2. The number of nitro groups is 1. The summed E-state index contributed by atoms with van der Waals surface area (Å²) in [7, 11) is 1.66. The second-order valence-corrected chi connectivity index (χ2v) is 7.36. The van der Waals surface area contributed by atoms with Gasteiger partial charge in [0.05, 0.1) is 11.0 Å². The van der Waals surface area contributed by atoms with Gasteiger partial charge in [0.2, 0.25) is 0 Å². The van der Waals surface area contributed by atoms with E-state index in [-0.39, 0.29) is 11.7 Å². The number of nitrogens with one attached hydrogen (secondary N) is 2. The number of benzene rings is 1. The lowest BCUT2D eigenvalue weighted by Crippen LogP contribution is -2.44. The van der Waals surface area contributed by atoms with Crippen molar-refractivity contribution in [2.24, 2.45) is 4.99 Å². The number of carbonyl (C=O) groups excluding carboxylic acids is 1. The SMILES string of the molecule is CN=C(NCc1ccccc1[N+](=O)[O-])N1CCC(NC(=O)OC(C)(C)C)C1. The van der Waals surface area contributed by atoms with Crippen molar-refractivity contribution < 1.29 is 14.5 Å². The molecule has 1 atom stereocenters. The highest BCUT2D eigenvalue weighted by molar-refractivity contribution is 5.80. The largest absolute Gasteiger partial charge is 0.444 e. The molecule has 1 amide bonds. The van der Waals surface area contributed by atoms with Gasteiger partial charge in [-0.1, -0.05) is 18.2 Å². The summed E-state index contributed by atoms with van der Waals surface area (Å²) in [6, 6.07) is 6.57. The molecule has 0 saturated carbocycles. The van der Waals surface area contributed by atoms with Gasteiger partial charge in [-0.3, -0.25) is 15.1 Å². The Labute approximate surface area is 158 Å². The predicted octanol–water partition coefficient (Wildman–Crippen LogP) is 2.27. The first kappa shape index (κ1) is 20.5. The highest BCUT2D eigenvalue weighted by Gasteiger charge is 2.28. The molecule has 148 valence electrons. The molecular formula is C18H27N5O4. The van der Waals surface area contributed by atoms with Gasteiger partial charge < -0.3 is 20.3 Å². The molecule has 2 N–H and O–H groups in total. The minimum absolute atomic E-state index is 0.0375. The zero-order valence-electron chi connectivity index (χ0n) is 16.2. The molecule has 1 unspecified atom stereocenters. The van der Waals surface area contributed by atoms with Crippen molar-refractivity contribution in [1.82, 2.24) is 15.5 Å². The van der Waals surface area contributed by atoms with Crippen LogP contribution in [0.25, 0.3) is 0 Å². The fraction of sp³-hybridized carbons (Fsp3) is 0.556. The number of ether oxygens (including phenoxy) is 1. The number of nitrogens with zero attached hydrogens (tertiary/aromatic N) is 3. The molecule has 0 aliphatic carbocycles. The molecule has 0 spiro atoms. The van der Waals surface area contributed by atoms with Crippen LogP contribution >= 0.6 is 0 Å². The number of nitro benzene ring substituents is 1. The second-order valence-electron chi connectivity index (χ2n) is 7.36. The van der Waals surface area contributed by atoms with Gasteiger partial charge in [0.1, 0.15) is 5.60 Å². The summed E-state index contributed by atoms with van der Waals surface area (Å²) in [5.41, 5.74) is 0.127. The van der Waals surface area contributed by atoms with E-state index in [1.165, 1.54) is 6.07 Å². The monoisotopic (exact) mass is 377 g/mol. The molecule has 1 aliphatic rings. The fourth-order valence-corrected chi connectivity index (χ4v) is 2.89. The van der Waals surface area contributed by atoms with Gasteiger partial charge in [-0.25, -0.2) is 4.79 Å². The highest BCUT2D eigenvalue weighted by atomic mass is 16.6. The molecule has 1 saturated heterocycles. The van der Waals surface area contributed by atoms with Crippen LogP contribution in [-0.4, -0.2) is 53.7 Å². The third kappa shape index (κ3) is 6.12. The van der Waals surface area contributed by atoms with Crippen molar-refractivity contribution in [3.63, 3.8) is 0 Å². The molecule has 1 aromatic carbocycles. The summed E-state index contributed by atoms with van der Waals surface area (Å²) in [6.45, 7) is 7.07. The summed E-state index contributed by atoms with van der Waals surface area (Å²) in [4.78, 5) is 28.9. The first-order chi connectivity index (χ1) is 12.7. The van der Waals surface area contributed by atoms with Crippen LogP contribution in [0.15, 0.2) is 29.3 Å². The number of para-hydroxylation sites is 1. The summed E-state index contributed by atoms with van der Waals surface area (Å²) in [5, 5.41) is 17.2. The first-order valence-electron chi connectivity index (χ1n) is 8.87. The molecular weight excluding hydrogens is 350 g/mol. The third-order valence-electron chi connectivity index (χ3n) is 4.05. The molecule has 1 aliphatic heterocycles. The van der Waals surface area contributed by atoms with Crippen LogP contribution < -0.4 is 10.6 Å². The first-order valence-corrected chi connectivity index (χ1v) is 8.87. The Morgan fingerprint density at radius 1 is 1.41 bits per heavy atom. The molecule has 27 heavy (non-hydrogen) atoms. The van der Waals surface area contributed by atoms with Crippen molar-refractivity contribution in [3.8, 4) is 0 Å². The molecule has 1 aromatic rings. The van der Waals surface area contributed by atoms with E-state index in [0.717, 1.165) is 13.0 Å². The number of aliphatic imine (C=N–C) groups is 1. The van der Waals surface area contributed by atoms with Gasteiger partial charge in [-0.2, -0.15) is 0 Å². The van der Waals surface area contributed by atoms with Crippen LogP contribution in [-0.2, 0) is 11.3 Å². The molecule has 9 heteroatoms. The summed E-state index contributed by atoms with van der Waals surface area (Å²) < 4.78 is 5.28. The Kier molecular flexibility index (Phi) is 6.59. The molecule has 2 rings (SSSR count). The summed E-state index contributed by atoms with van der Waals surface area (Å²) >= 11 is 0. The van der Waals surface area contributed by atoms with Crippen molar-refractivity contribution in [2.45, 2.75) is 45.4 Å². The predicted molar refractivity (Wildman–Crippen MR) is 103 cm³/mol. The normalized spacial score (nSPS) is 17.6. The number of likely N-dealkylation sites (tertiary alicyclic amines) is 1. The number of rotatable bonds is 4. The van der Waals surface area contributed by atoms with E-state index in [2.05, 4.69) is 15.6 Å². The van der Waals surface area contributed by atoms with Crippen molar-refractivity contribution in [3.05, 3.63) is 39.9 Å². The van der Waals surface area contributed by atoms with Crippen LogP contribution in [0, 0.1) is 10.1 Å². The smallest absolute Gasteiger partial charge is 0.407 e. The summed E-state index contributed by atoms with van der Waals surface area (Å²) in [5.74, 6) is 0.640. The topological polar surface area (TPSA) is 109 Å². The number of carbonyl (C=O) groups is 1. The van der Waals surface area contributed by atoms with E-state index in [9.17, 15) is 14.9 Å². The lowest BCUT2D eigenvalue weighted by molar-refractivity contribution is -0.385. The van der Waals surface area contributed by atoms with Crippen molar-refractivity contribution in [2.75, 3.05) is 20.1 Å². The van der Waals surface area contributed by atoms with Gasteiger partial charge in [-0.15, -0.1) is 0 Å². The minimum atomic E-state index is -0.537. The highest BCUT2D eigenvalue weighted by Crippen LogP contribution is 2.18. The number of amides is 1. The standard InChI is InChI=1S/C18H27N5O4/c1-18(2,3)27-17(24)21-14-9-10-22(12-14)16(19-4)20-11-13-7-5-6-8-15(13)23(25)26/h5-8,14H,9-12H2,1-4H3,(H,19,20)(H,21,24). The van der Waals surface area contributed by atoms with Gasteiger partial charge in [0.15, 0.2) is 5.96 Å². The molecule has 0 bridgehead atoms. The maximum atomic E-state index is 11.9. The maximum Gasteiger partial charge on any atom is 0.407 e. The van der Waals surface area contributed by atoms with E-state index >= 15 is 0 Å². The Morgan fingerprint density at radius 3 is 2.74 bits per heavy atom. The Bertz CT molecular complexity index is 714. The number of hydrogen-bond acceptors (Lipinski definition) is 5. The average Bonchev–Trinajstić information content (AvgIpc) is 3.02. The Balaban J connectivity index is 1.90. The molecule has 1 heterocycles. The van der Waals surface area contributed by atoms with Crippen LogP contribution in [0.2, 0.25) is 0 Å². The van der Waals surface area contributed by atoms with E-state index in [0.29, 0.717) is 24.6 Å². The average molecular weight is 377 g/mol. The third-order valence-corrected chi connectivity index (χ3v) is 4.05. The van der Waals surface area contributed by atoms with E-state index < -0.39 is 16.6 Å². The molecule has 0 aromatic heterocycles. The lowest BCUT2D eigenvalue weighted by atomic mass is 10.2. The number of alkyl carbamates (subject to hydrolysis) is 1. The van der Waals surface area contributed by atoms with E-state index in [1.807, 2.05) is 25.7 Å². The van der Waals surface area contributed by atoms with Crippen LogP contribution in [0.4, 0.5) is 10.5 Å². The van der Waals surface area contributed by atoms with Crippen LogP contribution in [0.1, 0.15) is 32.8 Å². The van der Waals surface area contributed by atoms with Crippen molar-refractivity contribution in [1.29, 1.82) is 0 Å². The quantitative estimate of drug-likeness (QED) is 0.361. The van der Waals surface area contributed by atoms with Crippen LogP contribution in [0.3, 0.4) is 0 Å². The van der Waals surface area contributed by atoms with Gasteiger partial charge in [-0.05, 0) is 27.2 Å². The lowest BCUT2D eigenvalue weighted by Gasteiger charge is -2.23. The minimum Gasteiger partial charge on any atom is -0.444 e. The van der Waals surface area contributed by atoms with E-state index in [4.69, 9.17) is 4.74 Å². The zero-order chi connectivity index (χ0) is 20.0. The molecule has 9 nitrogen and oxygen atoms in total. The van der Waals surface area contributed by atoms with Gasteiger partial charge in [0.25, 0.3) is 5.69 Å². The van der Waals surface area contributed by atoms with E-state index in [1.54, 1.807) is 25.2 Å². The Morgan fingerprint density at radius 2 is 2.11 bits per heavy atom. The maximum absolute atomic E-state index is 11.9. The number of guanidine groups is 1. The summed E-state index contributed by atoms with van der Waals surface area (Å²) in [6.07, 6.45) is 0.336. The van der Waals surface area contributed by atoms with Crippen molar-refractivity contribution >= 4 is 17.7 Å². The van der Waals surface area contributed by atoms with Gasteiger partial charge >= 0.3 is 6.09 Å².